The highest BCUT2D eigenvalue weighted by atomic mass is 35.6. The second-order valence-electron chi connectivity index (χ2n) is 2.84. The number of hydrogen-bond donors (Lipinski definition) is 0. The first-order chi connectivity index (χ1) is 7.62. The Bertz CT molecular complexity index is 344. The molecule has 13 heteroatoms. The first-order valence-corrected chi connectivity index (χ1v) is 6.26. The highest BCUT2D eigenvalue weighted by Gasteiger charge is 2.78. The van der Waals surface area contributed by atoms with Crippen molar-refractivity contribution in [2.75, 3.05) is 0 Å². The van der Waals surface area contributed by atoms with E-state index in [-0.39, 0.29) is 0 Å². The van der Waals surface area contributed by atoms with Crippen molar-refractivity contribution in [3.8, 4) is 0 Å². The van der Waals surface area contributed by atoms with Crippen molar-refractivity contribution in [2.24, 2.45) is 0 Å². The van der Waals surface area contributed by atoms with E-state index in [0.717, 1.165) is 0 Å². The molecule has 108 valence electrons. The molecule has 0 amide bonds. The fourth-order valence-electron chi connectivity index (χ4n) is 0.870. The van der Waals surface area contributed by atoms with Gasteiger partial charge in [0.2, 0.25) is 0 Å². The Labute approximate surface area is 133 Å². The van der Waals surface area contributed by atoms with E-state index in [2.05, 4.69) is 14.2 Å². The highest BCUT2D eigenvalue weighted by Crippen LogP contribution is 2.61. The number of hydrogen-bond acceptors (Lipinski definition) is 3. The summed E-state index contributed by atoms with van der Waals surface area (Å²) in [7, 11) is 0. The molecule has 2 atom stereocenters. The van der Waals surface area contributed by atoms with Crippen LogP contribution in [-0.4, -0.2) is 25.2 Å². The van der Waals surface area contributed by atoms with Gasteiger partial charge in [-0.1, -0.05) is 69.6 Å². The molecule has 1 aliphatic heterocycles. The van der Waals surface area contributed by atoms with Crippen LogP contribution in [-0.2, 0) is 14.2 Å². The van der Waals surface area contributed by atoms with E-state index >= 15 is 0 Å². The van der Waals surface area contributed by atoms with Crippen LogP contribution < -0.4 is 0 Å². The van der Waals surface area contributed by atoms with Gasteiger partial charge in [0.1, 0.15) is 0 Å². The Morgan fingerprint density at radius 2 is 1.33 bits per heavy atom. The lowest BCUT2D eigenvalue weighted by Crippen LogP contribution is -2.51. The average molecular weight is 413 g/mol. The summed E-state index contributed by atoms with van der Waals surface area (Å²) >= 11 is 36.4. The Hall–Kier alpha value is 1.70. The molecule has 0 spiro atoms. The average Bonchev–Trinajstić information content (AvgIpc) is 2.10. The summed E-state index contributed by atoms with van der Waals surface area (Å²) in [5.41, 5.74) is -3.04. The number of ether oxygens (including phenoxy) is 3. The SMILES string of the molecule is FC(F)(F)C1(Cl)OC(Cl)(OC(Cl)(Cl)Cl)OC1(Cl)Cl. The topological polar surface area (TPSA) is 27.7 Å². The molecule has 0 aliphatic carbocycles. The fraction of sp³-hybridized carbons (Fsp3) is 1.00. The van der Waals surface area contributed by atoms with E-state index in [9.17, 15) is 13.2 Å². The number of alkyl halides is 10. The maximum Gasteiger partial charge on any atom is 0.437 e. The van der Waals surface area contributed by atoms with Crippen LogP contribution in [0.4, 0.5) is 13.2 Å². The van der Waals surface area contributed by atoms with Crippen molar-refractivity contribution in [2.45, 2.75) is 25.2 Å². The van der Waals surface area contributed by atoms with Crippen molar-refractivity contribution in [3.05, 3.63) is 0 Å². The van der Waals surface area contributed by atoms with Crippen molar-refractivity contribution >= 4 is 81.2 Å². The fourth-order valence-corrected chi connectivity index (χ4v) is 2.39. The molecule has 3 nitrogen and oxygen atoms in total. The van der Waals surface area contributed by atoms with Gasteiger partial charge in [-0.2, -0.15) is 13.2 Å². The highest BCUT2D eigenvalue weighted by molar-refractivity contribution is 6.66. The molecule has 18 heavy (non-hydrogen) atoms. The van der Waals surface area contributed by atoms with Crippen LogP contribution in [0.3, 0.4) is 0 Å². The summed E-state index contributed by atoms with van der Waals surface area (Å²) in [5.74, 6) is 0. The lowest BCUT2D eigenvalue weighted by atomic mass is 10.3. The van der Waals surface area contributed by atoms with Crippen LogP contribution in [0, 0.1) is 0 Å². The second kappa shape index (κ2) is 4.87. The summed E-state index contributed by atoms with van der Waals surface area (Å²) in [6.45, 7) is 0. The van der Waals surface area contributed by atoms with Crippen LogP contribution in [0.1, 0.15) is 0 Å². The maximum atomic E-state index is 12.7. The zero-order chi connectivity index (χ0) is 14.6. The predicted molar refractivity (Wildman–Crippen MR) is 61.2 cm³/mol. The van der Waals surface area contributed by atoms with E-state index in [1.807, 2.05) is 0 Å². The molecule has 0 saturated carbocycles. The van der Waals surface area contributed by atoms with E-state index in [1.54, 1.807) is 0 Å². The Balaban J connectivity index is 3.09. The maximum absolute atomic E-state index is 12.7. The van der Waals surface area contributed by atoms with E-state index in [4.69, 9.17) is 81.2 Å². The van der Waals surface area contributed by atoms with Gasteiger partial charge in [-0.05, 0) is 11.6 Å². The van der Waals surface area contributed by atoms with Crippen molar-refractivity contribution in [1.82, 2.24) is 0 Å². The van der Waals surface area contributed by atoms with Crippen molar-refractivity contribution < 1.29 is 27.4 Å². The third kappa shape index (κ3) is 3.47. The van der Waals surface area contributed by atoms with Crippen LogP contribution in [0.5, 0.6) is 0 Å². The van der Waals surface area contributed by atoms with Gasteiger partial charge >= 0.3 is 20.6 Å². The molecule has 0 bridgehead atoms. The number of rotatable bonds is 1. The van der Waals surface area contributed by atoms with Gasteiger partial charge < -0.3 is 0 Å². The molecule has 2 unspecified atom stereocenters. The summed E-state index contributed by atoms with van der Waals surface area (Å²) in [6.07, 6.45) is -5.26. The first kappa shape index (κ1) is 17.8. The molecule has 0 aromatic heterocycles. The zero-order valence-electron chi connectivity index (χ0n) is 7.50. The van der Waals surface area contributed by atoms with Crippen LogP contribution >= 0.6 is 81.2 Å². The molecule has 1 saturated heterocycles. The molecule has 0 aromatic carbocycles. The van der Waals surface area contributed by atoms with Gasteiger partial charge in [0, 0.05) is 0 Å². The van der Waals surface area contributed by atoms with Crippen molar-refractivity contribution in [3.63, 3.8) is 0 Å². The summed E-state index contributed by atoms with van der Waals surface area (Å²) in [5, 5.41) is -3.72. The van der Waals surface area contributed by atoms with E-state index in [1.165, 1.54) is 0 Å². The van der Waals surface area contributed by atoms with Gasteiger partial charge in [-0.3, -0.25) is 14.2 Å². The Morgan fingerprint density at radius 1 is 0.889 bits per heavy atom. The minimum atomic E-state index is -5.26. The third-order valence-electron chi connectivity index (χ3n) is 1.49. The lowest BCUT2D eigenvalue weighted by molar-refractivity contribution is -0.314. The molecular weight excluding hydrogens is 413 g/mol. The monoisotopic (exact) mass is 410 g/mol. The van der Waals surface area contributed by atoms with E-state index in [0.29, 0.717) is 0 Å². The van der Waals surface area contributed by atoms with E-state index < -0.39 is 25.2 Å². The zero-order valence-corrected chi connectivity index (χ0v) is 12.8. The molecule has 1 fully saturated rings. The quantitative estimate of drug-likeness (QED) is 0.575. The van der Waals surface area contributed by atoms with Gasteiger partial charge in [-0.25, -0.2) is 0 Å². The van der Waals surface area contributed by atoms with Gasteiger partial charge in [0.25, 0.3) is 4.52 Å². The molecule has 1 aliphatic rings. The molecule has 0 aromatic rings. The lowest BCUT2D eigenvalue weighted by Gasteiger charge is -2.29. The minimum absolute atomic E-state index is 2.57. The minimum Gasteiger partial charge on any atom is -0.277 e. The number of halogens is 10. The third-order valence-corrected chi connectivity index (χ3v) is 3.39. The Kier molecular flexibility index (Phi) is 4.80. The van der Waals surface area contributed by atoms with Gasteiger partial charge in [0.05, 0.1) is 0 Å². The predicted octanol–water partition coefficient (Wildman–Crippen LogP) is 4.86. The first-order valence-electron chi connectivity index (χ1n) is 3.61. The molecular formula is C5Cl7F3O3. The summed E-state index contributed by atoms with van der Waals surface area (Å²) in [4.78, 5) is 0. The largest absolute Gasteiger partial charge is 0.437 e. The van der Waals surface area contributed by atoms with Crippen LogP contribution in [0.15, 0.2) is 0 Å². The molecule has 0 N–H and O–H groups in total. The van der Waals surface area contributed by atoms with Crippen LogP contribution in [0.2, 0.25) is 0 Å². The standard InChI is InChI=1S/C5Cl7F3O3/c6-1(3(13,14)15)2(7,8)17-5(12,16-1)18-4(9,10)11. The normalized spacial score (nSPS) is 37.0. The van der Waals surface area contributed by atoms with Crippen molar-refractivity contribution in [1.29, 1.82) is 0 Å². The van der Waals surface area contributed by atoms with Gasteiger partial charge in [-0.15, -0.1) is 0 Å². The summed E-state index contributed by atoms with van der Waals surface area (Å²) in [6, 6.07) is 0. The van der Waals surface area contributed by atoms with Gasteiger partial charge in [0.15, 0.2) is 0 Å². The molecule has 1 rings (SSSR count). The summed E-state index contributed by atoms with van der Waals surface area (Å²) < 4.78 is 45.1. The second-order valence-corrected chi connectivity index (χ2v) is 7.27. The Morgan fingerprint density at radius 3 is 1.61 bits per heavy atom. The van der Waals surface area contributed by atoms with Crippen LogP contribution in [0.25, 0.3) is 0 Å². The smallest absolute Gasteiger partial charge is 0.277 e. The molecule has 1 heterocycles. The molecule has 0 radical (unpaired) electrons.